The summed E-state index contributed by atoms with van der Waals surface area (Å²) in [5, 5.41) is 3.39. The lowest BCUT2D eigenvalue weighted by Crippen LogP contribution is -2.38. The van der Waals surface area contributed by atoms with Crippen molar-refractivity contribution in [3.8, 4) is 0 Å². The van der Waals surface area contributed by atoms with Gasteiger partial charge < -0.3 is 11.1 Å². The highest BCUT2D eigenvalue weighted by Crippen LogP contribution is 2.13. The Balaban J connectivity index is 0. The average Bonchev–Trinajstić information content (AvgIpc) is 1.88. The SMILES string of the molecule is CC1CC(CN)CCN1.Cl.Cl. The van der Waals surface area contributed by atoms with Crippen molar-refractivity contribution >= 4 is 24.8 Å². The summed E-state index contributed by atoms with van der Waals surface area (Å²) in [6.07, 6.45) is 2.53. The van der Waals surface area contributed by atoms with Gasteiger partial charge in [0.1, 0.15) is 0 Å². The van der Waals surface area contributed by atoms with Crippen LogP contribution in [0.25, 0.3) is 0 Å². The standard InChI is InChI=1S/C7H16N2.2ClH/c1-6-4-7(5-8)2-3-9-6;;/h6-7,9H,2-5,8H2,1H3;2*1H. The van der Waals surface area contributed by atoms with E-state index in [1.807, 2.05) is 0 Å². The zero-order chi connectivity index (χ0) is 6.69. The summed E-state index contributed by atoms with van der Waals surface area (Å²) in [5.41, 5.74) is 5.54. The number of nitrogens with two attached hydrogens (primary N) is 1. The highest BCUT2D eigenvalue weighted by Gasteiger charge is 2.15. The molecule has 1 saturated heterocycles. The summed E-state index contributed by atoms with van der Waals surface area (Å²) in [6.45, 7) is 4.25. The van der Waals surface area contributed by atoms with Crippen molar-refractivity contribution < 1.29 is 0 Å². The molecule has 4 heteroatoms. The number of hydrogen-bond acceptors (Lipinski definition) is 2. The molecule has 70 valence electrons. The van der Waals surface area contributed by atoms with Crippen LogP contribution >= 0.6 is 24.8 Å². The minimum Gasteiger partial charge on any atom is -0.330 e. The smallest absolute Gasteiger partial charge is 0.00418 e. The van der Waals surface area contributed by atoms with Crippen molar-refractivity contribution in [1.82, 2.24) is 5.32 Å². The molecule has 2 nitrogen and oxygen atoms in total. The van der Waals surface area contributed by atoms with Crippen LogP contribution in [0.3, 0.4) is 0 Å². The molecule has 0 aliphatic carbocycles. The van der Waals surface area contributed by atoms with Crippen LogP contribution in [0.15, 0.2) is 0 Å². The predicted octanol–water partition coefficient (Wildman–Crippen LogP) is 1.18. The van der Waals surface area contributed by atoms with Crippen LogP contribution < -0.4 is 11.1 Å². The van der Waals surface area contributed by atoms with Crippen LogP contribution in [0.4, 0.5) is 0 Å². The Kier molecular flexibility index (Phi) is 9.15. The molecule has 0 aromatic carbocycles. The molecule has 0 aromatic rings. The number of nitrogens with one attached hydrogen (secondary N) is 1. The van der Waals surface area contributed by atoms with E-state index < -0.39 is 0 Å². The van der Waals surface area contributed by atoms with Crippen LogP contribution in [0.2, 0.25) is 0 Å². The van der Waals surface area contributed by atoms with Gasteiger partial charge in [-0.3, -0.25) is 0 Å². The Morgan fingerprint density at radius 1 is 1.45 bits per heavy atom. The molecule has 1 heterocycles. The molecule has 2 atom stereocenters. The Morgan fingerprint density at radius 3 is 2.45 bits per heavy atom. The summed E-state index contributed by atoms with van der Waals surface area (Å²) >= 11 is 0. The normalized spacial score (nSPS) is 30.0. The number of rotatable bonds is 1. The molecule has 0 amide bonds. The van der Waals surface area contributed by atoms with E-state index in [1.165, 1.54) is 12.8 Å². The monoisotopic (exact) mass is 200 g/mol. The Hall–Kier alpha value is 0.500. The highest BCUT2D eigenvalue weighted by molar-refractivity contribution is 5.85. The molecule has 3 N–H and O–H groups in total. The van der Waals surface area contributed by atoms with E-state index in [-0.39, 0.29) is 24.8 Å². The molecule has 0 aromatic heterocycles. The molecule has 1 aliphatic rings. The van der Waals surface area contributed by atoms with Crippen LogP contribution in [-0.2, 0) is 0 Å². The molecule has 0 spiro atoms. The van der Waals surface area contributed by atoms with Crippen LogP contribution in [0.5, 0.6) is 0 Å². The molecule has 1 rings (SSSR count). The Morgan fingerprint density at radius 2 is 2.09 bits per heavy atom. The van der Waals surface area contributed by atoms with Gasteiger partial charge in [0.05, 0.1) is 0 Å². The predicted molar refractivity (Wildman–Crippen MR) is 53.7 cm³/mol. The van der Waals surface area contributed by atoms with Crippen molar-refractivity contribution in [3.63, 3.8) is 0 Å². The van der Waals surface area contributed by atoms with Gasteiger partial charge in [-0.2, -0.15) is 0 Å². The summed E-state index contributed by atoms with van der Waals surface area (Å²) in [7, 11) is 0. The topological polar surface area (TPSA) is 38.0 Å². The lowest BCUT2D eigenvalue weighted by Gasteiger charge is -2.26. The molecule has 0 bridgehead atoms. The second-order valence-electron chi connectivity index (χ2n) is 2.98. The van der Waals surface area contributed by atoms with Gasteiger partial charge >= 0.3 is 0 Å². The summed E-state index contributed by atoms with van der Waals surface area (Å²) < 4.78 is 0. The van der Waals surface area contributed by atoms with E-state index in [2.05, 4.69) is 12.2 Å². The van der Waals surface area contributed by atoms with Gasteiger partial charge in [0.2, 0.25) is 0 Å². The van der Waals surface area contributed by atoms with E-state index in [1.54, 1.807) is 0 Å². The Labute approximate surface area is 81.1 Å². The molecule has 0 radical (unpaired) electrons. The van der Waals surface area contributed by atoms with Gasteiger partial charge in [0, 0.05) is 6.04 Å². The molecule has 1 aliphatic heterocycles. The van der Waals surface area contributed by atoms with Crippen molar-refractivity contribution in [2.45, 2.75) is 25.8 Å². The van der Waals surface area contributed by atoms with Crippen molar-refractivity contribution in [3.05, 3.63) is 0 Å². The van der Waals surface area contributed by atoms with Gasteiger partial charge in [0.25, 0.3) is 0 Å². The first-order valence-corrected chi connectivity index (χ1v) is 3.76. The lowest BCUT2D eigenvalue weighted by molar-refractivity contribution is 0.322. The zero-order valence-electron chi connectivity index (χ0n) is 6.88. The van der Waals surface area contributed by atoms with E-state index in [0.717, 1.165) is 19.0 Å². The van der Waals surface area contributed by atoms with Crippen molar-refractivity contribution in [2.24, 2.45) is 11.7 Å². The maximum Gasteiger partial charge on any atom is 0.00418 e. The third-order valence-electron chi connectivity index (χ3n) is 2.07. The van der Waals surface area contributed by atoms with E-state index in [9.17, 15) is 0 Å². The van der Waals surface area contributed by atoms with Crippen LogP contribution in [-0.4, -0.2) is 19.1 Å². The highest BCUT2D eigenvalue weighted by atomic mass is 35.5. The molecular weight excluding hydrogens is 183 g/mol. The van der Waals surface area contributed by atoms with Gasteiger partial charge in [-0.25, -0.2) is 0 Å². The fourth-order valence-electron chi connectivity index (χ4n) is 1.45. The summed E-state index contributed by atoms with van der Waals surface area (Å²) in [6, 6.07) is 0.687. The molecule has 1 fully saturated rings. The largest absolute Gasteiger partial charge is 0.330 e. The number of piperidine rings is 1. The van der Waals surface area contributed by atoms with Gasteiger partial charge in [-0.1, -0.05) is 0 Å². The summed E-state index contributed by atoms with van der Waals surface area (Å²) in [5.74, 6) is 0.779. The van der Waals surface area contributed by atoms with Crippen molar-refractivity contribution in [2.75, 3.05) is 13.1 Å². The minimum atomic E-state index is 0. The number of halogens is 2. The fraction of sp³-hybridized carbons (Fsp3) is 1.00. The quantitative estimate of drug-likeness (QED) is 0.668. The number of hydrogen-bond donors (Lipinski definition) is 2. The van der Waals surface area contributed by atoms with Gasteiger partial charge in [-0.05, 0) is 38.8 Å². The van der Waals surface area contributed by atoms with Crippen LogP contribution in [0.1, 0.15) is 19.8 Å². The first-order chi connectivity index (χ1) is 4.33. The molecular formula is C7H18Cl2N2. The van der Waals surface area contributed by atoms with Crippen molar-refractivity contribution in [1.29, 1.82) is 0 Å². The van der Waals surface area contributed by atoms with Crippen LogP contribution in [0, 0.1) is 5.92 Å². The maximum absolute atomic E-state index is 5.54. The van der Waals surface area contributed by atoms with E-state index in [4.69, 9.17) is 5.73 Å². The average molecular weight is 201 g/mol. The fourth-order valence-corrected chi connectivity index (χ4v) is 1.45. The van der Waals surface area contributed by atoms with E-state index in [0.29, 0.717) is 6.04 Å². The molecule has 0 saturated carbocycles. The molecule has 11 heavy (non-hydrogen) atoms. The maximum atomic E-state index is 5.54. The van der Waals surface area contributed by atoms with E-state index >= 15 is 0 Å². The first-order valence-electron chi connectivity index (χ1n) is 3.76. The minimum absolute atomic E-state index is 0. The lowest BCUT2D eigenvalue weighted by atomic mass is 9.94. The second kappa shape index (κ2) is 7.17. The van der Waals surface area contributed by atoms with Gasteiger partial charge in [-0.15, -0.1) is 24.8 Å². The first kappa shape index (κ1) is 14.0. The second-order valence-corrected chi connectivity index (χ2v) is 2.98. The van der Waals surface area contributed by atoms with Gasteiger partial charge in [0.15, 0.2) is 0 Å². The third-order valence-corrected chi connectivity index (χ3v) is 2.07. The Bertz CT molecular complexity index is 90.5. The summed E-state index contributed by atoms with van der Waals surface area (Å²) in [4.78, 5) is 0. The zero-order valence-corrected chi connectivity index (χ0v) is 8.51. The molecule has 2 unspecified atom stereocenters. The third kappa shape index (κ3) is 4.86.